The number of fused-ring (bicyclic) bond motifs is 1. The highest BCUT2D eigenvalue weighted by Crippen LogP contribution is 2.24. The summed E-state index contributed by atoms with van der Waals surface area (Å²) >= 11 is 1.44. The highest BCUT2D eigenvalue weighted by atomic mass is 32.2. The SMILES string of the molecule is Cc1nc2ccccc2nc1CSc1n[nH]c(-c2ccccc2F)n1. The predicted molar refractivity (Wildman–Crippen MR) is 95.6 cm³/mol. The molecule has 1 N–H and O–H groups in total. The third kappa shape index (κ3) is 3.23. The van der Waals surface area contributed by atoms with E-state index in [1.165, 1.54) is 17.8 Å². The number of aromatic nitrogens is 5. The van der Waals surface area contributed by atoms with Crippen LogP contribution in [0.4, 0.5) is 4.39 Å². The van der Waals surface area contributed by atoms with E-state index in [2.05, 4.69) is 25.1 Å². The van der Waals surface area contributed by atoms with Gasteiger partial charge in [0.2, 0.25) is 5.16 Å². The second-order valence-corrected chi connectivity index (χ2v) is 6.42. The van der Waals surface area contributed by atoms with Crippen molar-refractivity contribution < 1.29 is 4.39 Å². The minimum Gasteiger partial charge on any atom is -0.258 e. The lowest BCUT2D eigenvalue weighted by atomic mass is 10.2. The quantitative estimate of drug-likeness (QED) is 0.559. The predicted octanol–water partition coefficient (Wildman–Crippen LogP) is 4.15. The van der Waals surface area contributed by atoms with Gasteiger partial charge in [-0.15, -0.1) is 5.10 Å². The Kier molecular flexibility index (Phi) is 4.15. The Morgan fingerprint density at radius 3 is 2.48 bits per heavy atom. The molecule has 0 aliphatic heterocycles. The van der Waals surface area contributed by atoms with E-state index in [1.54, 1.807) is 18.2 Å². The van der Waals surface area contributed by atoms with Crippen LogP contribution in [-0.2, 0) is 5.75 Å². The van der Waals surface area contributed by atoms with Gasteiger partial charge in [0, 0.05) is 5.75 Å². The van der Waals surface area contributed by atoms with Crippen molar-refractivity contribution in [3.05, 3.63) is 65.7 Å². The van der Waals surface area contributed by atoms with Crippen molar-refractivity contribution >= 4 is 22.8 Å². The number of benzene rings is 2. The molecule has 0 saturated carbocycles. The minimum absolute atomic E-state index is 0.327. The van der Waals surface area contributed by atoms with Gasteiger partial charge in [-0.3, -0.25) is 5.10 Å². The Labute approximate surface area is 147 Å². The lowest BCUT2D eigenvalue weighted by molar-refractivity contribution is 0.630. The summed E-state index contributed by atoms with van der Waals surface area (Å²) in [6.07, 6.45) is 0. The van der Waals surface area contributed by atoms with E-state index in [0.29, 0.717) is 22.3 Å². The normalized spacial score (nSPS) is 11.1. The fourth-order valence-electron chi connectivity index (χ4n) is 2.48. The van der Waals surface area contributed by atoms with Gasteiger partial charge in [-0.05, 0) is 31.2 Å². The molecule has 4 rings (SSSR count). The number of thioether (sulfide) groups is 1. The smallest absolute Gasteiger partial charge is 0.209 e. The van der Waals surface area contributed by atoms with Crippen LogP contribution < -0.4 is 0 Å². The van der Waals surface area contributed by atoms with E-state index in [1.807, 2.05) is 31.2 Å². The molecule has 5 nitrogen and oxygen atoms in total. The molecule has 0 bridgehead atoms. The molecule has 0 fully saturated rings. The first-order valence-corrected chi connectivity index (χ1v) is 8.71. The number of hydrogen-bond donors (Lipinski definition) is 1. The molecule has 0 spiro atoms. The van der Waals surface area contributed by atoms with E-state index in [0.717, 1.165) is 22.4 Å². The van der Waals surface area contributed by atoms with Crippen LogP contribution >= 0.6 is 11.8 Å². The molecule has 124 valence electrons. The summed E-state index contributed by atoms with van der Waals surface area (Å²) in [4.78, 5) is 13.6. The van der Waals surface area contributed by atoms with Gasteiger partial charge in [0.15, 0.2) is 5.82 Å². The van der Waals surface area contributed by atoms with E-state index in [9.17, 15) is 4.39 Å². The van der Waals surface area contributed by atoms with Crippen molar-refractivity contribution in [2.75, 3.05) is 0 Å². The molecule has 0 amide bonds. The summed E-state index contributed by atoms with van der Waals surface area (Å²) in [6.45, 7) is 1.94. The van der Waals surface area contributed by atoms with Gasteiger partial charge in [0.05, 0.1) is 28.0 Å². The number of hydrogen-bond acceptors (Lipinski definition) is 5. The van der Waals surface area contributed by atoms with Crippen LogP contribution in [0, 0.1) is 12.7 Å². The number of para-hydroxylation sites is 2. The summed E-state index contributed by atoms with van der Waals surface area (Å²) in [6, 6.07) is 14.3. The molecule has 0 radical (unpaired) electrons. The highest BCUT2D eigenvalue weighted by Gasteiger charge is 2.12. The number of aryl methyl sites for hydroxylation is 1. The highest BCUT2D eigenvalue weighted by molar-refractivity contribution is 7.98. The maximum atomic E-state index is 13.8. The monoisotopic (exact) mass is 351 g/mol. The maximum absolute atomic E-state index is 13.8. The lowest BCUT2D eigenvalue weighted by Crippen LogP contribution is -1.97. The molecular weight excluding hydrogens is 337 g/mol. The molecule has 0 saturated heterocycles. The standard InChI is InChI=1S/C18H14FN5S/c1-11-16(21-15-9-5-4-8-14(15)20-11)10-25-18-22-17(23-24-18)12-6-2-3-7-13(12)19/h2-9H,10H2,1H3,(H,22,23,24). The molecule has 0 unspecified atom stereocenters. The lowest BCUT2D eigenvalue weighted by Gasteiger charge is -2.05. The van der Waals surface area contributed by atoms with E-state index >= 15 is 0 Å². The molecule has 4 aromatic rings. The second-order valence-electron chi connectivity index (χ2n) is 5.48. The average Bonchev–Trinajstić information content (AvgIpc) is 3.09. The third-order valence-corrected chi connectivity index (χ3v) is 4.63. The second kappa shape index (κ2) is 6.60. The first-order chi connectivity index (χ1) is 12.2. The number of nitrogens with one attached hydrogen (secondary N) is 1. The largest absolute Gasteiger partial charge is 0.258 e. The van der Waals surface area contributed by atoms with Crippen molar-refractivity contribution in [1.82, 2.24) is 25.1 Å². The summed E-state index contributed by atoms with van der Waals surface area (Å²) in [5.41, 5.74) is 3.93. The number of halogens is 1. The number of nitrogens with zero attached hydrogens (tertiary/aromatic N) is 4. The van der Waals surface area contributed by atoms with E-state index < -0.39 is 0 Å². The van der Waals surface area contributed by atoms with Crippen LogP contribution in [0.25, 0.3) is 22.4 Å². The summed E-state index contributed by atoms with van der Waals surface area (Å²) < 4.78 is 13.8. The zero-order valence-electron chi connectivity index (χ0n) is 13.4. The molecular formula is C18H14FN5S. The molecule has 7 heteroatoms. The molecule has 25 heavy (non-hydrogen) atoms. The van der Waals surface area contributed by atoms with Crippen molar-refractivity contribution in [2.24, 2.45) is 0 Å². The molecule has 2 aromatic heterocycles. The number of aromatic amines is 1. The Bertz CT molecular complexity index is 1050. The Balaban J connectivity index is 1.54. The van der Waals surface area contributed by atoms with Crippen molar-refractivity contribution in [3.8, 4) is 11.4 Å². The molecule has 2 aromatic carbocycles. The van der Waals surface area contributed by atoms with E-state index in [-0.39, 0.29) is 5.82 Å². The minimum atomic E-state index is -0.327. The Morgan fingerprint density at radius 1 is 0.960 bits per heavy atom. The topological polar surface area (TPSA) is 67.3 Å². The van der Waals surface area contributed by atoms with Gasteiger partial charge in [-0.25, -0.2) is 19.3 Å². The van der Waals surface area contributed by atoms with Gasteiger partial charge < -0.3 is 0 Å². The summed E-state index contributed by atoms with van der Waals surface area (Å²) in [5.74, 6) is 0.687. The Hall–Kier alpha value is -2.80. The zero-order chi connectivity index (χ0) is 17.2. The molecule has 0 atom stereocenters. The van der Waals surface area contributed by atoms with Crippen LogP contribution in [0.2, 0.25) is 0 Å². The molecule has 0 aliphatic carbocycles. The van der Waals surface area contributed by atoms with Crippen LogP contribution in [0.1, 0.15) is 11.4 Å². The number of H-pyrrole nitrogens is 1. The number of rotatable bonds is 4. The average molecular weight is 351 g/mol. The van der Waals surface area contributed by atoms with Gasteiger partial charge in [-0.2, -0.15) is 0 Å². The van der Waals surface area contributed by atoms with Crippen LogP contribution in [0.3, 0.4) is 0 Å². The van der Waals surface area contributed by atoms with Gasteiger partial charge in [-0.1, -0.05) is 36.0 Å². The van der Waals surface area contributed by atoms with Crippen molar-refractivity contribution in [3.63, 3.8) is 0 Å². The van der Waals surface area contributed by atoms with Crippen LogP contribution in [0.15, 0.2) is 53.7 Å². The molecule has 2 heterocycles. The zero-order valence-corrected chi connectivity index (χ0v) is 14.2. The fourth-order valence-corrected chi connectivity index (χ4v) is 3.28. The maximum Gasteiger partial charge on any atom is 0.209 e. The first kappa shape index (κ1) is 15.7. The van der Waals surface area contributed by atoms with Crippen LogP contribution in [-0.4, -0.2) is 25.1 Å². The van der Waals surface area contributed by atoms with Crippen molar-refractivity contribution in [2.45, 2.75) is 17.8 Å². The third-order valence-electron chi connectivity index (χ3n) is 3.77. The van der Waals surface area contributed by atoms with E-state index in [4.69, 9.17) is 0 Å². The molecule has 0 aliphatic rings. The first-order valence-electron chi connectivity index (χ1n) is 7.73. The summed E-state index contributed by atoms with van der Waals surface area (Å²) in [7, 11) is 0. The van der Waals surface area contributed by atoms with Crippen LogP contribution in [0.5, 0.6) is 0 Å². The summed E-state index contributed by atoms with van der Waals surface area (Å²) in [5, 5.41) is 7.49. The fraction of sp³-hybridized carbons (Fsp3) is 0.111. The van der Waals surface area contributed by atoms with Gasteiger partial charge in [0.25, 0.3) is 0 Å². The van der Waals surface area contributed by atoms with Gasteiger partial charge in [0.1, 0.15) is 5.82 Å². The van der Waals surface area contributed by atoms with Crippen molar-refractivity contribution in [1.29, 1.82) is 0 Å². The van der Waals surface area contributed by atoms with Gasteiger partial charge >= 0.3 is 0 Å². The Morgan fingerprint density at radius 2 is 1.68 bits per heavy atom.